The van der Waals surface area contributed by atoms with Crippen molar-refractivity contribution in [2.45, 2.75) is 6.92 Å². The van der Waals surface area contributed by atoms with Crippen molar-refractivity contribution in [3.63, 3.8) is 0 Å². The number of hydrogen-bond donors (Lipinski definition) is 2. The molecule has 1 unspecified atom stereocenters. The molecule has 1 aromatic rings. The van der Waals surface area contributed by atoms with Crippen LogP contribution in [0.2, 0.25) is 5.02 Å². The van der Waals surface area contributed by atoms with Gasteiger partial charge in [0.05, 0.1) is 27.6 Å². The van der Waals surface area contributed by atoms with Gasteiger partial charge in [-0.05, 0) is 13.0 Å². The Morgan fingerprint density at radius 2 is 2.32 bits per heavy atom. The van der Waals surface area contributed by atoms with Crippen molar-refractivity contribution in [1.29, 1.82) is 5.26 Å². The number of anilines is 1. The van der Waals surface area contributed by atoms with Crippen LogP contribution in [-0.4, -0.2) is 17.5 Å². The second kappa shape index (κ2) is 6.56. The first-order valence-corrected chi connectivity index (χ1v) is 5.70. The first-order chi connectivity index (χ1) is 8.93. The Morgan fingerprint density at radius 1 is 1.63 bits per heavy atom. The number of carbonyl (C=O) groups is 1. The largest absolute Gasteiger partial charge is 0.337 e. The number of nitrogens with one attached hydrogen (secondary N) is 2. The molecule has 0 spiro atoms. The maximum absolute atomic E-state index is 11.5. The quantitative estimate of drug-likeness (QED) is 0.653. The zero-order valence-electron chi connectivity index (χ0n) is 10.0. The van der Waals surface area contributed by atoms with Gasteiger partial charge < -0.3 is 10.6 Å². The SMILES string of the molecule is CC(C#N)CNC(=O)Nc1ccc([N+](=O)[O-])cc1Cl. The fourth-order valence-electron chi connectivity index (χ4n) is 1.18. The van der Waals surface area contributed by atoms with Gasteiger partial charge in [0.2, 0.25) is 0 Å². The summed E-state index contributed by atoms with van der Waals surface area (Å²) in [5.41, 5.74) is 0.100. The normalized spacial score (nSPS) is 11.2. The molecular formula is C11H11ClN4O3. The van der Waals surface area contributed by atoms with Crippen molar-refractivity contribution < 1.29 is 9.72 Å². The van der Waals surface area contributed by atoms with Crippen molar-refractivity contribution in [1.82, 2.24) is 5.32 Å². The number of nitrogens with zero attached hydrogens (tertiary/aromatic N) is 2. The minimum atomic E-state index is -0.579. The van der Waals surface area contributed by atoms with E-state index in [9.17, 15) is 14.9 Å². The summed E-state index contributed by atoms with van der Waals surface area (Å²) >= 11 is 5.81. The third-order valence-electron chi connectivity index (χ3n) is 2.20. The van der Waals surface area contributed by atoms with Crippen molar-refractivity contribution in [3.8, 4) is 6.07 Å². The highest BCUT2D eigenvalue weighted by atomic mass is 35.5. The fraction of sp³-hybridized carbons (Fsp3) is 0.273. The number of nitriles is 1. The Labute approximate surface area is 114 Å². The molecule has 2 N–H and O–H groups in total. The number of urea groups is 1. The van der Waals surface area contributed by atoms with Crippen LogP contribution in [0.5, 0.6) is 0 Å². The minimum absolute atomic E-state index is 0.0673. The Hall–Kier alpha value is -2.33. The number of amides is 2. The van der Waals surface area contributed by atoms with E-state index in [1.54, 1.807) is 6.92 Å². The predicted molar refractivity (Wildman–Crippen MR) is 69.9 cm³/mol. The van der Waals surface area contributed by atoms with Gasteiger partial charge in [-0.2, -0.15) is 5.26 Å². The van der Waals surface area contributed by atoms with Gasteiger partial charge in [0.1, 0.15) is 0 Å². The lowest BCUT2D eigenvalue weighted by Gasteiger charge is -2.09. The molecule has 0 fully saturated rings. The molecule has 19 heavy (non-hydrogen) atoms. The summed E-state index contributed by atoms with van der Waals surface area (Å²) in [7, 11) is 0. The highest BCUT2D eigenvalue weighted by Gasteiger charge is 2.11. The van der Waals surface area contributed by atoms with E-state index in [2.05, 4.69) is 10.6 Å². The molecule has 0 heterocycles. The molecular weight excluding hydrogens is 272 g/mol. The molecule has 2 amide bonds. The van der Waals surface area contributed by atoms with Crippen LogP contribution in [0.4, 0.5) is 16.2 Å². The monoisotopic (exact) mass is 282 g/mol. The van der Waals surface area contributed by atoms with E-state index in [0.717, 1.165) is 6.07 Å². The van der Waals surface area contributed by atoms with Crippen molar-refractivity contribution in [3.05, 3.63) is 33.3 Å². The molecule has 0 radical (unpaired) electrons. The van der Waals surface area contributed by atoms with Crippen LogP contribution in [0.3, 0.4) is 0 Å². The summed E-state index contributed by atoms with van der Waals surface area (Å²) in [6, 6.07) is 5.17. The molecule has 0 aliphatic carbocycles. The summed E-state index contributed by atoms with van der Waals surface area (Å²) in [5, 5.41) is 24.1. The van der Waals surface area contributed by atoms with Crippen LogP contribution in [0, 0.1) is 27.4 Å². The summed E-state index contributed by atoms with van der Waals surface area (Å²) in [6.07, 6.45) is 0. The van der Waals surface area contributed by atoms with Gasteiger partial charge in [-0.15, -0.1) is 0 Å². The van der Waals surface area contributed by atoms with Crippen LogP contribution in [0.15, 0.2) is 18.2 Å². The third kappa shape index (κ3) is 4.44. The number of hydrogen-bond acceptors (Lipinski definition) is 4. The number of halogens is 1. The summed E-state index contributed by atoms with van der Waals surface area (Å²) in [6.45, 7) is 1.87. The average molecular weight is 283 g/mol. The number of non-ortho nitro benzene ring substituents is 1. The standard InChI is InChI=1S/C11H11ClN4O3/c1-7(5-13)6-14-11(17)15-10-3-2-8(16(18)19)4-9(10)12/h2-4,7H,6H2,1H3,(H2,14,15,17). The molecule has 1 rings (SSSR count). The van der Waals surface area contributed by atoms with Gasteiger partial charge in [0.15, 0.2) is 0 Å². The molecule has 0 aromatic heterocycles. The Morgan fingerprint density at radius 3 is 2.84 bits per heavy atom. The lowest BCUT2D eigenvalue weighted by atomic mass is 10.2. The molecule has 0 saturated carbocycles. The number of nitro groups is 1. The maximum Gasteiger partial charge on any atom is 0.319 e. The third-order valence-corrected chi connectivity index (χ3v) is 2.51. The van der Waals surface area contributed by atoms with Gasteiger partial charge in [0, 0.05) is 18.7 Å². The summed E-state index contributed by atoms with van der Waals surface area (Å²) in [4.78, 5) is 21.4. The predicted octanol–water partition coefficient (Wildman–Crippen LogP) is 2.53. The van der Waals surface area contributed by atoms with E-state index in [4.69, 9.17) is 16.9 Å². The van der Waals surface area contributed by atoms with Crippen LogP contribution in [0.25, 0.3) is 0 Å². The molecule has 0 aliphatic heterocycles. The second-order valence-corrected chi connectivity index (χ2v) is 4.19. The topological polar surface area (TPSA) is 108 Å². The molecule has 100 valence electrons. The number of carbonyl (C=O) groups excluding carboxylic acids is 1. The van der Waals surface area contributed by atoms with Crippen LogP contribution >= 0.6 is 11.6 Å². The van der Waals surface area contributed by atoms with E-state index >= 15 is 0 Å². The zero-order chi connectivity index (χ0) is 14.4. The van der Waals surface area contributed by atoms with E-state index < -0.39 is 11.0 Å². The molecule has 1 aromatic carbocycles. The van der Waals surface area contributed by atoms with Crippen LogP contribution < -0.4 is 10.6 Å². The van der Waals surface area contributed by atoms with Gasteiger partial charge in [-0.25, -0.2) is 4.79 Å². The van der Waals surface area contributed by atoms with Gasteiger partial charge >= 0.3 is 6.03 Å². The zero-order valence-corrected chi connectivity index (χ0v) is 10.8. The molecule has 1 atom stereocenters. The highest BCUT2D eigenvalue weighted by Crippen LogP contribution is 2.26. The van der Waals surface area contributed by atoms with Gasteiger partial charge in [-0.1, -0.05) is 11.6 Å². The van der Waals surface area contributed by atoms with Crippen molar-refractivity contribution >= 4 is 29.0 Å². The lowest BCUT2D eigenvalue weighted by Crippen LogP contribution is -2.32. The first kappa shape index (κ1) is 14.7. The number of nitro benzene ring substituents is 1. The van der Waals surface area contributed by atoms with E-state index in [0.29, 0.717) is 0 Å². The molecule has 7 nitrogen and oxygen atoms in total. The molecule has 0 aliphatic rings. The second-order valence-electron chi connectivity index (χ2n) is 3.79. The Kier molecular flexibility index (Phi) is 5.09. The van der Waals surface area contributed by atoms with Crippen LogP contribution in [-0.2, 0) is 0 Å². The maximum atomic E-state index is 11.5. The smallest absolute Gasteiger partial charge is 0.319 e. The van der Waals surface area contributed by atoms with E-state index in [1.165, 1.54) is 12.1 Å². The fourth-order valence-corrected chi connectivity index (χ4v) is 1.40. The van der Waals surface area contributed by atoms with Crippen LogP contribution in [0.1, 0.15) is 6.92 Å². The summed E-state index contributed by atoms with van der Waals surface area (Å²) in [5.74, 6) is -0.307. The average Bonchev–Trinajstić information content (AvgIpc) is 2.38. The Bertz CT molecular complexity index is 541. The molecule has 8 heteroatoms. The van der Waals surface area contributed by atoms with Crippen molar-refractivity contribution in [2.24, 2.45) is 5.92 Å². The van der Waals surface area contributed by atoms with E-state index in [-0.39, 0.29) is 28.9 Å². The highest BCUT2D eigenvalue weighted by molar-refractivity contribution is 6.33. The minimum Gasteiger partial charge on any atom is -0.337 e. The van der Waals surface area contributed by atoms with Gasteiger partial charge in [0.25, 0.3) is 5.69 Å². The molecule has 0 bridgehead atoms. The van der Waals surface area contributed by atoms with Crippen molar-refractivity contribution in [2.75, 3.05) is 11.9 Å². The van der Waals surface area contributed by atoms with E-state index in [1.807, 2.05) is 6.07 Å². The first-order valence-electron chi connectivity index (χ1n) is 5.32. The summed E-state index contributed by atoms with van der Waals surface area (Å²) < 4.78 is 0. The van der Waals surface area contributed by atoms with Gasteiger partial charge in [-0.3, -0.25) is 10.1 Å². The molecule has 0 saturated heterocycles. The Balaban J connectivity index is 2.65. The number of benzene rings is 1. The lowest BCUT2D eigenvalue weighted by molar-refractivity contribution is -0.384. The number of rotatable bonds is 4.